The van der Waals surface area contributed by atoms with Gasteiger partial charge in [-0.3, -0.25) is 0 Å². The van der Waals surface area contributed by atoms with Crippen LogP contribution in [0.2, 0.25) is 0 Å². The Balaban J connectivity index is 1.55. The van der Waals surface area contributed by atoms with E-state index in [4.69, 9.17) is 14.6 Å². The number of rotatable bonds is 14. The lowest BCUT2D eigenvalue weighted by Crippen LogP contribution is -2.32. The SMILES string of the molecule is Cc1c(OCCCN(C)CC(O)CO)cccc1-c1cccc(OCCCN2CCCC2)c1C. The van der Waals surface area contributed by atoms with E-state index in [-0.39, 0.29) is 6.61 Å². The third kappa shape index (κ3) is 7.70. The van der Waals surface area contributed by atoms with Gasteiger partial charge in [0, 0.05) is 19.6 Å². The quantitative estimate of drug-likeness (QED) is 0.409. The number of nitrogens with zero attached hydrogens (tertiary/aromatic N) is 2. The third-order valence-corrected chi connectivity index (χ3v) is 6.61. The zero-order valence-electron chi connectivity index (χ0n) is 21.1. The lowest BCUT2D eigenvalue weighted by atomic mass is 9.95. The van der Waals surface area contributed by atoms with Crippen molar-refractivity contribution in [1.29, 1.82) is 0 Å². The minimum atomic E-state index is -0.696. The van der Waals surface area contributed by atoms with E-state index in [1.165, 1.54) is 37.1 Å². The Kier molecular flexibility index (Phi) is 10.7. The summed E-state index contributed by atoms with van der Waals surface area (Å²) in [5, 5.41) is 18.5. The number of likely N-dealkylation sites (N-methyl/N-ethyl adjacent to an activating group) is 1. The molecule has 2 N–H and O–H groups in total. The molecule has 0 amide bonds. The van der Waals surface area contributed by atoms with Gasteiger partial charge in [-0.05, 0) is 94.1 Å². The van der Waals surface area contributed by atoms with Gasteiger partial charge in [0.1, 0.15) is 11.5 Å². The number of aliphatic hydroxyl groups excluding tert-OH is 2. The van der Waals surface area contributed by atoms with Crippen molar-refractivity contribution in [3.8, 4) is 22.6 Å². The smallest absolute Gasteiger partial charge is 0.122 e. The van der Waals surface area contributed by atoms with Crippen molar-refractivity contribution in [2.75, 3.05) is 59.6 Å². The second-order valence-corrected chi connectivity index (χ2v) is 9.41. The summed E-state index contributed by atoms with van der Waals surface area (Å²) < 4.78 is 12.3. The highest BCUT2D eigenvalue weighted by Crippen LogP contribution is 2.35. The summed E-state index contributed by atoms with van der Waals surface area (Å²) in [6, 6.07) is 12.5. The van der Waals surface area contributed by atoms with Crippen LogP contribution in [0.25, 0.3) is 11.1 Å². The first-order valence-corrected chi connectivity index (χ1v) is 12.6. The summed E-state index contributed by atoms with van der Waals surface area (Å²) >= 11 is 0. The molecule has 6 heteroatoms. The van der Waals surface area contributed by atoms with Crippen molar-refractivity contribution in [1.82, 2.24) is 9.80 Å². The average Bonchev–Trinajstić information content (AvgIpc) is 3.35. The first kappa shape index (κ1) is 26.5. The normalized spacial score (nSPS) is 15.1. The average molecular weight is 471 g/mol. The molecule has 1 aliphatic rings. The second kappa shape index (κ2) is 13.7. The summed E-state index contributed by atoms with van der Waals surface area (Å²) in [4.78, 5) is 4.53. The van der Waals surface area contributed by atoms with Gasteiger partial charge in [0.15, 0.2) is 0 Å². The highest BCUT2D eigenvalue weighted by atomic mass is 16.5. The van der Waals surface area contributed by atoms with Gasteiger partial charge < -0.3 is 29.5 Å². The Labute approximate surface area is 205 Å². The van der Waals surface area contributed by atoms with Gasteiger partial charge in [-0.15, -0.1) is 0 Å². The van der Waals surface area contributed by atoms with Crippen molar-refractivity contribution < 1.29 is 19.7 Å². The van der Waals surface area contributed by atoms with Crippen LogP contribution in [0.4, 0.5) is 0 Å². The van der Waals surface area contributed by atoms with E-state index in [0.717, 1.165) is 55.2 Å². The molecule has 188 valence electrons. The maximum atomic E-state index is 9.55. The molecule has 0 bridgehead atoms. The molecule has 0 radical (unpaired) electrons. The predicted molar refractivity (Wildman–Crippen MR) is 138 cm³/mol. The zero-order chi connectivity index (χ0) is 24.3. The molecular formula is C28H42N2O4. The molecular weight excluding hydrogens is 428 g/mol. The fraction of sp³-hybridized carbons (Fsp3) is 0.571. The van der Waals surface area contributed by atoms with Crippen LogP contribution >= 0.6 is 0 Å². The molecule has 0 spiro atoms. The standard InChI is InChI=1S/C28H42N2O4/c1-22-25(10-6-12-27(22)33-18-8-14-29(3)20-24(32)21-31)26-11-7-13-28(23(26)2)34-19-9-17-30-15-4-5-16-30/h6-7,10-13,24,31-32H,4-5,8-9,14-21H2,1-3H3. The number of likely N-dealkylation sites (tertiary alicyclic amines) is 1. The Morgan fingerprint density at radius 3 is 2.03 bits per heavy atom. The molecule has 34 heavy (non-hydrogen) atoms. The Bertz CT molecular complexity index is 883. The van der Waals surface area contributed by atoms with Gasteiger partial charge in [0.2, 0.25) is 0 Å². The topological polar surface area (TPSA) is 65.4 Å². The molecule has 1 fully saturated rings. The van der Waals surface area contributed by atoms with E-state index in [1.807, 2.05) is 24.1 Å². The molecule has 0 aromatic heterocycles. The summed E-state index contributed by atoms with van der Waals surface area (Å²) in [7, 11) is 1.94. The monoisotopic (exact) mass is 470 g/mol. The molecule has 1 aliphatic heterocycles. The van der Waals surface area contributed by atoms with Gasteiger partial charge in [-0.2, -0.15) is 0 Å². The minimum absolute atomic E-state index is 0.211. The number of hydrogen-bond acceptors (Lipinski definition) is 6. The van der Waals surface area contributed by atoms with Crippen LogP contribution in [-0.4, -0.2) is 85.7 Å². The van der Waals surface area contributed by atoms with E-state index in [1.54, 1.807) is 0 Å². The summed E-state index contributed by atoms with van der Waals surface area (Å²) in [6.45, 7) is 10.2. The van der Waals surface area contributed by atoms with E-state index < -0.39 is 6.10 Å². The summed E-state index contributed by atoms with van der Waals surface area (Å²) in [6.07, 6.45) is 3.86. The van der Waals surface area contributed by atoms with E-state index in [2.05, 4.69) is 43.0 Å². The van der Waals surface area contributed by atoms with Crippen LogP contribution in [0.3, 0.4) is 0 Å². The molecule has 0 aliphatic carbocycles. The van der Waals surface area contributed by atoms with Crippen LogP contribution in [-0.2, 0) is 0 Å². The number of benzene rings is 2. The van der Waals surface area contributed by atoms with Crippen LogP contribution < -0.4 is 9.47 Å². The first-order valence-electron chi connectivity index (χ1n) is 12.6. The van der Waals surface area contributed by atoms with Crippen LogP contribution in [0.1, 0.15) is 36.8 Å². The highest BCUT2D eigenvalue weighted by molar-refractivity contribution is 5.74. The molecule has 1 heterocycles. The number of aliphatic hydroxyl groups is 2. The molecule has 6 nitrogen and oxygen atoms in total. The Morgan fingerprint density at radius 1 is 0.912 bits per heavy atom. The molecule has 1 unspecified atom stereocenters. The molecule has 3 rings (SSSR count). The minimum Gasteiger partial charge on any atom is -0.493 e. The van der Waals surface area contributed by atoms with Crippen molar-refractivity contribution in [2.24, 2.45) is 0 Å². The first-order chi connectivity index (χ1) is 16.5. The molecule has 0 saturated carbocycles. The number of hydrogen-bond donors (Lipinski definition) is 2. The van der Waals surface area contributed by atoms with Gasteiger partial charge in [-0.25, -0.2) is 0 Å². The Morgan fingerprint density at radius 2 is 1.47 bits per heavy atom. The van der Waals surface area contributed by atoms with Gasteiger partial charge >= 0.3 is 0 Å². The molecule has 2 aromatic carbocycles. The zero-order valence-corrected chi connectivity index (χ0v) is 21.1. The lowest BCUT2D eigenvalue weighted by Gasteiger charge is -2.20. The van der Waals surface area contributed by atoms with Crippen LogP contribution in [0, 0.1) is 13.8 Å². The van der Waals surface area contributed by atoms with Crippen LogP contribution in [0.5, 0.6) is 11.5 Å². The van der Waals surface area contributed by atoms with Crippen LogP contribution in [0.15, 0.2) is 36.4 Å². The van der Waals surface area contributed by atoms with Gasteiger partial charge in [-0.1, -0.05) is 24.3 Å². The molecule has 1 saturated heterocycles. The fourth-order valence-corrected chi connectivity index (χ4v) is 4.63. The van der Waals surface area contributed by atoms with E-state index >= 15 is 0 Å². The van der Waals surface area contributed by atoms with Crippen molar-refractivity contribution in [3.05, 3.63) is 47.5 Å². The van der Waals surface area contributed by atoms with E-state index in [0.29, 0.717) is 13.2 Å². The maximum absolute atomic E-state index is 9.55. The second-order valence-electron chi connectivity index (χ2n) is 9.41. The summed E-state index contributed by atoms with van der Waals surface area (Å²) in [5.74, 6) is 1.85. The van der Waals surface area contributed by atoms with Crippen molar-refractivity contribution in [2.45, 2.75) is 45.6 Å². The lowest BCUT2D eigenvalue weighted by molar-refractivity contribution is 0.0653. The highest BCUT2D eigenvalue weighted by Gasteiger charge is 2.14. The third-order valence-electron chi connectivity index (χ3n) is 6.61. The predicted octanol–water partition coefficient (Wildman–Crippen LogP) is 3.89. The maximum Gasteiger partial charge on any atom is 0.122 e. The van der Waals surface area contributed by atoms with Gasteiger partial charge in [0.05, 0.1) is 25.9 Å². The Hall–Kier alpha value is -2.12. The van der Waals surface area contributed by atoms with E-state index in [9.17, 15) is 5.11 Å². The summed E-state index contributed by atoms with van der Waals surface area (Å²) in [5.41, 5.74) is 4.63. The number of ether oxygens (including phenoxy) is 2. The van der Waals surface area contributed by atoms with Crippen molar-refractivity contribution >= 4 is 0 Å². The molecule has 1 atom stereocenters. The fourth-order valence-electron chi connectivity index (χ4n) is 4.63. The van der Waals surface area contributed by atoms with Gasteiger partial charge in [0.25, 0.3) is 0 Å². The largest absolute Gasteiger partial charge is 0.493 e. The van der Waals surface area contributed by atoms with Crippen molar-refractivity contribution in [3.63, 3.8) is 0 Å². The molecule has 2 aromatic rings.